The molecule has 8 heteroatoms. The molecule has 33 heavy (non-hydrogen) atoms. The predicted molar refractivity (Wildman–Crippen MR) is 122 cm³/mol. The molecule has 5 rings (SSSR count). The summed E-state index contributed by atoms with van der Waals surface area (Å²) in [6, 6.07) is 11.5. The van der Waals surface area contributed by atoms with E-state index in [1.165, 1.54) is 12.1 Å². The van der Waals surface area contributed by atoms with Gasteiger partial charge >= 0.3 is 6.01 Å². The maximum absolute atomic E-state index is 15.4. The second-order valence-electron chi connectivity index (χ2n) is 7.80. The molecule has 0 saturated heterocycles. The fraction of sp³-hybridized carbons (Fsp3) is 0.160. The van der Waals surface area contributed by atoms with Gasteiger partial charge in [-0.2, -0.15) is 9.97 Å². The van der Waals surface area contributed by atoms with Gasteiger partial charge in [0.25, 0.3) is 0 Å². The lowest BCUT2D eigenvalue weighted by molar-refractivity contribution is 0.439. The number of aryl methyl sites for hydroxylation is 1. The Bertz CT molecular complexity index is 1370. The smallest absolute Gasteiger partial charge is 0.322 e. The number of hydrogen-bond donors (Lipinski definition) is 2. The zero-order chi connectivity index (χ0) is 23.1. The summed E-state index contributed by atoms with van der Waals surface area (Å²) in [4.78, 5) is 13.4. The van der Waals surface area contributed by atoms with Crippen LogP contribution in [-0.2, 0) is 13.0 Å². The van der Waals surface area contributed by atoms with Crippen LogP contribution in [0.25, 0.3) is 22.4 Å². The Balaban J connectivity index is 1.73. The average molecular weight is 445 g/mol. The summed E-state index contributed by atoms with van der Waals surface area (Å²) in [5, 5.41) is 3.03. The molecule has 0 amide bonds. The SMILES string of the molecule is CNc1cc(F)cc2c1Cc1nc(Oc3ccc(C)nc3)nc(-c3cccc(CN)c3F)c1-2. The van der Waals surface area contributed by atoms with E-state index < -0.39 is 11.6 Å². The number of aromatic nitrogens is 3. The molecule has 0 radical (unpaired) electrons. The Hall–Kier alpha value is -3.91. The summed E-state index contributed by atoms with van der Waals surface area (Å²) < 4.78 is 35.7. The molecular weight excluding hydrogens is 424 g/mol. The Morgan fingerprint density at radius 3 is 2.67 bits per heavy atom. The first kappa shape index (κ1) is 21.0. The lowest BCUT2D eigenvalue weighted by Crippen LogP contribution is -2.04. The first-order valence-corrected chi connectivity index (χ1v) is 10.5. The van der Waals surface area contributed by atoms with Crippen molar-refractivity contribution in [3.8, 4) is 34.1 Å². The van der Waals surface area contributed by atoms with Gasteiger partial charge in [-0.15, -0.1) is 0 Å². The molecule has 2 aromatic heterocycles. The number of fused-ring (bicyclic) bond motifs is 3. The third kappa shape index (κ3) is 3.68. The molecule has 1 aliphatic carbocycles. The van der Waals surface area contributed by atoms with Crippen molar-refractivity contribution in [3.05, 3.63) is 82.8 Å². The van der Waals surface area contributed by atoms with E-state index in [0.29, 0.717) is 45.9 Å². The van der Waals surface area contributed by atoms with Crippen LogP contribution in [0, 0.1) is 18.6 Å². The van der Waals surface area contributed by atoms with Gasteiger partial charge in [0.1, 0.15) is 17.4 Å². The Morgan fingerprint density at radius 1 is 1.09 bits per heavy atom. The molecule has 0 saturated carbocycles. The number of rotatable bonds is 5. The molecule has 0 atom stereocenters. The number of anilines is 1. The van der Waals surface area contributed by atoms with Crippen LogP contribution >= 0.6 is 0 Å². The average Bonchev–Trinajstić information content (AvgIpc) is 3.18. The van der Waals surface area contributed by atoms with Crippen LogP contribution in [0.15, 0.2) is 48.7 Å². The lowest BCUT2D eigenvalue weighted by Gasteiger charge is -2.14. The minimum atomic E-state index is -0.470. The number of hydrogen-bond acceptors (Lipinski definition) is 6. The summed E-state index contributed by atoms with van der Waals surface area (Å²) in [7, 11) is 1.73. The van der Waals surface area contributed by atoms with E-state index in [-0.39, 0.29) is 18.1 Å². The highest BCUT2D eigenvalue weighted by Gasteiger charge is 2.30. The summed E-state index contributed by atoms with van der Waals surface area (Å²) in [6.07, 6.45) is 2.00. The molecule has 2 heterocycles. The molecule has 3 N–H and O–H groups in total. The number of nitrogens with two attached hydrogens (primary N) is 1. The number of benzene rings is 2. The van der Waals surface area contributed by atoms with Crippen LogP contribution in [0.4, 0.5) is 14.5 Å². The number of halogens is 2. The molecule has 1 aliphatic rings. The maximum Gasteiger partial charge on any atom is 0.322 e. The molecule has 0 aliphatic heterocycles. The van der Waals surface area contributed by atoms with E-state index in [1.807, 2.05) is 13.0 Å². The van der Waals surface area contributed by atoms with Crippen molar-refractivity contribution in [2.75, 3.05) is 12.4 Å². The number of pyridine rings is 1. The van der Waals surface area contributed by atoms with Crippen LogP contribution < -0.4 is 15.8 Å². The largest absolute Gasteiger partial charge is 0.423 e. The first-order valence-electron chi connectivity index (χ1n) is 10.5. The quantitative estimate of drug-likeness (QED) is 0.396. The van der Waals surface area contributed by atoms with E-state index in [4.69, 9.17) is 10.5 Å². The van der Waals surface area contributed by atoms with Crippen LogP contribution in [0.3, 0.4) is 0 Å². The van der Waals surface area contributed by atoms with Gasteiger partial charge in [-0.05, 0) is 48.4 Å². The van der Waals surface area contributed by atoms with Crippen LogP contribution in [0.2, 0.25) is 0 Å². The van der Waals surface area contributed by atoms with Gasteiger partial charge in [-0.3, -0.25) is 4.98 Å². The molecule has 4 aromatic rings. The molecule has 6 nitrogen and oxygen atoms in total. The van der Waals surface area contributed by atoms with Crippen molar-refractivity contribution in [1.82, 2.24) is 15.0 Å². The third-order valence-corrected chi connectivity index (χ3v) is 5.71. The minimum absolute atomic E-state index is 0.0421. The number of ether oxygens (including phenoxy) is 1. The molecule has 0 spiro atoms. The standard InChI is InChI=1S/C25H21F2N5O/c1-13-6-7-16(12-30-13)33-25-31-21-10-18-19(8-15(26)9-20(18)29-2)22(21)24(32-25)17-5-3-4-14(11-28)23(17)27/h3-9,12,29H,10-11,28H2,1-2H3. The zero-order valence-corrected chi connectivity index (χ0v) is 18.1. The van der Waals surface area contributed by atoms with Crippen molar-refractivity contribution in [3.63, 3.8) is 0 Å². The predicted octanol–water partition coefficient (Wildman–Crippen LogP) is 4.99. The second-order valence-corrected chi connectivity index (χ2v) is 7.80. The zero-order valence-electron chi connectivity index (χ0n) is 18.1. The van der Waals surface area contributed by atoms with E-state index in [1.54, 1.807) is 37.5 Å². The monoisotopic (exact) mass is 445 g/mol. The van der Waals surface area contributed by atoms with E-state index >= 15 is 4.39 Å². The lowest BCUT2D eigenvalue weighted by atomic mass is 9.98. The van der Waals surface area contributed by atoms with Crippen molar-refractivity contribution >= 4 is 5.69 Å². The highest BCUT2D eigenvalue weighted by Crippen LogP contribution is 2.46. The van der Waals surface area contributed by atoms with Crippen molar-refractivity contribution in [2.24, 2.45) is 5.73 Å². The van der Waals surface area contributed by atoms with Gasteiger partial charge in [0, 0.05) is 48.1 Å². The maximum atomic E-state index is 15.4. The van der Waals surface area contributed by atoms with Crippen LogP contribution in [0.5, 0.6) is 11.8 Å². The highest BCUT2D eigenvalue weighted by molar-refractivity contribution is 5.90. The van der Waals surface area contributed by atoms with E-state index in [9.17, 15) is 4.39 Å². The van der Waals surface area contributed by atoms with Gasteiger partial charge in [-0.1, -0.05) is 12.1 Å². The van der Waals surface area contributed by atoms with E-state index in [0.717, 1.165) is 11.3 Å². The normalized spacial score (nSPS) is 11.8. The molecule has 0 bridgehead atoms. The minimum Gasteiger partial charge on any atom is -0.423 e. The summed E-state index contributed by atoms with van der Waals surface area (Å²) in [5.41, 5.74) is 10.9. The Morgan fingerprint density at radius 2 is 1.94 bits per heavy atom. The van der Waals surface area contributed by atoms with E-state index in [2.05, 4.69) is 20.3 Å². The topological polar surface area (TPSA) is 86.0 Å². The molecule has 166 valence electrons. The molecule has 0 unspecified atom stereocenters. The Kier molecular flexibility index (Phi) is 5.22. The summed E-state index contributed by atoms with van der Waals surface area (Å²) in [5.74, 6) is -0.415. The molecule has 2 aromatic carbocycles. The van der Waals surface area contributed by atoms with Gasteiger partial charge in [-0.25, -0.2) is 8.78 Å². The molecular formula is C25H21F2N5O. The molecule has 0 fully saturated rings. The summed E-state index contributed by atoms with van der Waals surface area (Å²) in [6.45, 7) is 1.91. The van der Waals surface area contributed by atoms with Crippen molar-refractivity contribution in [2.45, 2.75) is 19.9 Å². The first-order chi connectivity index (χ1) is 16.0. The highest BCUT2D eigenvalue weighted by atomic mass is 19.1. The number of nitrogens with one attached hydrogen (secondary N) is 1. The van der Waals surface area contributed by atoms with Crippen LogP contribution in [0.1, 0.15) is 22.5 Å². The van der Waals surface area contributed by atoms with Gasteiger partial charge in [0.05, 0.1) is 17.6 Å². The van der Waals surface area contributed by atoms with Crippen molar-refractivity contribution < 1.29 is 13.5 Å². The van der Waals surface area contributed by atoms with Gasteiger partial charge in [0.2, 0.25) is 0 Å². The second kappa shape index (κ2) is 8.22. The third-order valence-electron chi connectivity index (χ3n) is 5.71. The van der Waals surface area contributed by atoms with Crippen LogP contribution in [-0.4, -0.2) is 22.0 Å². The van der Waals surface area contributed by atoms with Gasteiger partial charge in [0.15, 0.2) is 0 Å². The number of nitrogens with zero attached hydrogens (tertiary/aromatic N) is 3. The fourth-order valence-corrected chi connectivity index (χ4v) is 4.12. The Labute approximate surface area is 189 Å². The fourth-order valence-electron chi connectivity index (χ4n) is 4.12. The van der Waals surface area contributed by atoms with Gasteiger partial charge < -0.3 is 15.8 Å². The van der Waals surface area contributed by atoms with Crippen molar-refractivity contribution in [1.29, 1.82) is 0 Å². The summed E-state index contributed by atoms with van der Waals surface area (Å²) >= 11 is 0.